The lowest BCUT2D eigenvalue weighted by atomic mass is 9.73. The molecule has 214 valence electrons. The van der Waals surface area contributed by atoms with Crippen molar-refractivity contribution in [1.82, 2.24) is 14.3 Å². The lowest BCUT2D eigenvalue weighted by Crippen LogP contribution is -2.31. The van der Waals surface area contributed by atoms with E-state index in [0.29, 0.717) is 30.3 Å². The van der Waals surface area contributed by atoms with E-state index in [1.54, 1.807) is 0 Å². The zero-order chi connectivity index (χ0) is 28.6. The van der Waals surface area contributed by atoms with Crippen molar-refractivity contribution in [2.75, 3.05) is 6.54 Å². The van der Waals surface area contributed by atoms with Crippen LogP contribution < -0.4 is 10.5 Å². The van der Waals surface area contributed by atoms with Gasteiger partial charge in [0.1, 0.15) is 5.82 Å². The monoisotopic (exact) mass is 570 g/mol. The molecule has 0 saturated heterocycles. The maximum atomic E-state index is 13.1. The third kappa shape index (κ3) is 5.68. The number of carbonyl (C=O) groups excluding carboxylic acids is 1. The molecule has 4 aromatic rings. The summed E-state index contributed by atoms with van der Waals surface area (Å²) >= 11 is 0. The van der Waals surface area contributed by atoms with Gasteiger partial charge in [0.25, 0.3) is 0 Å². The van der Waals surface area contributed by atoms with E-state index in [2.05, 4.69) is 52.6 Å². The Labute approximate surface area is 242 Å². The standard InChI is InChI=1S/C33H38N4O3S/c1-22-36-31-9-5-6-10-32(31)37(22)28-19-25-11-12-26(20-28)30(25)18-15-27(23-7-3-2-4-8-23)21-35-41(39,40)29-16-13-24(14-17-29)33(34)38/h2-10,13-14,16-17,25-28,30,35H,11-12,15,18-21H2,1H3,(H2,34,38)/t25-,26+,27?,28+,30?. The third-order valence-corrected chi connectivity index (χ3v) is 10.9. The highest BCUT2D eigenvalue weighted by atomic mass is 32.2. The lowest BCUT2D eigenvalue weighted by molar-refractivity contribution is 0.1000. The minimum Gasteiger partial charge on any atom is -0.366 e. The highest BCUT2D eigenvalue weighted by molar-refractivity contribution is 7.89. The molecule has 3 N–H and O–H groups in total. The van der Waals surface area contributed by atoms with Crippen LogP contribution in [0.5, 0.6) is 0 Å². The van der Waals surface area contributed by atoms with Crippen LogP contribution in [0.2, 0.25) is 0 Å². The van der Waals surface area contributed by atoms with Crippen molar-refractivity contribution in [3.63, 3.8) is 0 Å². The molecule has 6 rings (SSSR count). The molecule has 2 unspecified atom stereocenters. The number of benzene rings is 3. The number of hydrogen-bond acceptors (Lipinski definition) is 4. The summed E-state index contributed by atoms with van der Waals surface area (Å²) in [5.74, 6) is 2.66. The molecule has 2 bridgehead atoms. The van der Waals surface area contributed by atoms with Gasteiger partial charge in [-0.15, -0.1) is 0 Å². The normalized spacial score (nSPS) is 23.0. The number of amides is 1. The molecule has 7 nitrogen and oxygen atoms in total. The Hall–Kier alpha value is -3.49. The van der Waals surface area contributed by atoms with E-state index in [-0.39, 0.29) is 16.4 Å². The van der Waals surface area contributed by atoms with Crippen LogP contribution in [0.3, 0.4) is 0 Å². The first-order valence-corrected chi connectivity index (χ1v) is 16.2. The molecular weight excluding hydrogens is 532 g/mol. The molecule has 8 heteroatoms. The molecule has 2 aliphatic rings. The molecule has 1 amide bonds. The number of carbonyl (C=O) groups is 1. The van der Waals surface area contributed by atoms with Crippen LogP contribution >= 0.6 is 0 Å². The predicted molar refractivity (Wildman–Crippen MR) is 161 cm³/mol. The first-order valence-electron chi connectivity index (χ1n) is 14.7. The van der Waals surface area contributed by atoms with Gasteiger partial charge in [-0.1, -0.05) is 42.5 Å². The number of nitrogens with two attached hydrogens (primary N) is 1. The van der Waals surface area contributed by atoms with Crippen LogP contribution in [0, 0.1) is 24.7 Å². The Kier molecular flexibility index (Phi) is 7.70. The van der Waals surface area contributed by atoms with Gasteiger partial charge in [0.15, 0.2) is 0 Å². The van der Waals surface area contributed by atoms with Gasteiger partial charge in [-0.2, -0.15) is 0 Å². The number of nitrogens with one attached hydrogen (secondary N) is 1. The molecule has 0 aliphatic heterocycles. The van der Waals surface area contributed by atoms with E-state index < -0.39 is 15.9 Å². The summed E-state index contributed by atoms with van der Waals surface area (Å²) in [6.45, 7) is 2.46. The van der Waals surface area contributed by atoms with Crippen LogP contribution in [-0.4, -0.2) is 30.4 Å². The van der Waals surface area contributed by atoms with Gasteiger partial charge in [-0.05, 0) is 111 Å². The van der Waals surface area contributed by atoms with E-state index in [0.717, 1.165) is 29.7 Å². The van der Waals surface area contributed by atoms with Crippen molar-refractivity contribution < 1.29 is 13.2 Å². The maximum Gasteiger partial charge on any atom is 0.248 e. The number of sulfonamides is 1. The molecule has 1 heterocycles. The van der Waals surface area contributed by atoms with E-state index in [4.69, 9.17) is 10.7 Å². The van der Waals surface area contributed by atoms with Gasteiger partial charge in [0, 0.05) is 18.2 Å². The van der Waals surface area contributed by atoms with E-state index in [1.165, 1.54) is 55.5 Å². The number of fused-ring (bicyclic) bond motifs is 3. The second-order valence-electron chi connectivity index (χ2n) is 11.8. The fourth-order valence-corrected chi connectivity index (χ4v) is 8.61. The van der Waals surface area contributed by atoms with E-state index in [1.807, 2.05) is 18.2 Å². The minimum absolute atomic E-state index is 0.0767. The molecule has 3 aromatic carbocycles. The summed E-state index contributed by atoms with van der Waals surface area (Å²) in [4.78, 5) is 16.3. The summed E-state index contributed by atoms with van der Waals surface area (Å²) in [7, 11) is -3.72. The average molecular weight is 571 g/mol. The van der Waals surface area contributed by atoms with Crippen LogP contribution in [0.25, 0.3) is 11.0 Å². The molecule has 2 aliphatic carbocycles. The predicted octanol–water partition coefficient (Wildman–Crippen LogP) is 5.96. The van der Waals surface area contributed by atoms with Crippen molar-refractivity contribution in [3.05, 3.63) is 95.8 Å². The van der Waals surface area contributed by atoms with Gasteiger partial charge >= 0.3 is 0 Å². The van der Waals surface area contributed by atoms with Crippen LogP contribution in [0.15, 0.2) is 83.8 Å². The van der Waals surface area contributed by atoms with Crippen molar-refractivity contribution >= 4 is 27.0 Å². The number of primary amides is 1. The van der Waals surface area contributed by atoms with Crippen molar-refractivity contribution in [2.45, 2.75) is 62.3 Å². The molecule has 0 spiro atoms. The van der Waals surface area contributed by atoms with Gasteiger partial charge in [-0.25, -0.2) is 18.1 Å². The second-order valence-corrected chi connectivity index (χ2v) is 13.6. The van der Waals surface area contributed by atoms with Crippen molar-refractivity contribution in [2.24, 2.45) is 23.5 Å². The van der Waals surface area contributed by atoms with Gasteiger partial charge in [0.2, 0.25) is 15.9 Å². The number of rotatable bonds is 10. The van der Waals surface area contributed by atoms with E-state index in [9.17, 15) is 13.2 Å². The number of hydrogen-bond donors (Lipinski definition) is 2. The molecule has 41 heavy (non-hydrogen) atoms. The molecule has 2 fully saturated rings. The van der Waals surface area contributed by atoms with Crippen molar-refractivity contribution in [3.8, 4) is 0 Å². The summed E-state index contributed by atoms with van der Waals surface area (Å²) in [6, 6.07) is 24.9. The fourth-order valence-electron chi connectivity index (χ4n) is 7.53. The Bertz CT molecular complexity index is 1620. The highest BCUT2D eigenvalue weighted by Gasteiger charge is 2.43. The summed E-state index contributed by atoms with van der Waals surface area (Å²) in [5, 5.41) is 0. The zero-order valence-electron chi connectivity index (χ0n) is 23.4. The van der Waals surface area contributed by atoms with Crippen LogP contribution in [0.4, 0.5) is 0 Å². The number of para-hydroxylation sites is 2. The van der Waals surface area contributed by atoms with Gasteiger partial charge in [0.05, 0.1) is 15.9 Å². The van der Waals surface area contributed by atoms with Gasteiger partial charge < -0.3 is 10.3 Å². The molecule has 2 saturated carbocycles. The SMILES string of the molecule is Cc1nc2ccccc2n1[C@H]1C[C@H]2CC[C@@H](C1)C2CCC(CNS(=O)(=O)c1ccc(C(N)=O)cc1)c1ccccc1. The Morgan fingerprint density at radius 3 is 2.32 bits per heavy atom. The molecule has 5 atom stereocenters. The average Bonchev–Trinajstić information content (AvgIpc) is 3.43. The van der Waals surface area contributed by atoms with Crippen molar-refractivity contribution in [1.29, 1.82) is 0 Å². The fraction of sp³-hybridized carbons (Fsp3) is 0.394. The van der Waals surface area contributed by atoms with Crippen LogP contribution in [0.1, 0.15) is 72.2 Å². The first kappa shape index (κ1) is 27.7. The number of aromatic nitrogens is 2. The van der Waals surface area contributed by atoms with E-state index >= 15 is 0 Å². The van der Waals surface area contributed by atoms with Crippen LogP contribution in [-0.2, 0) is 10.0 Å². The largest absolute Gasteiger partial charge is 0.366 e. The quantitative estimate of drug-likeness (QED) is 0.245. The lowest BCUT2D eigenvalue weighted by Gasteiger charge is -2.37. The number of imidazole rings is 1. The Morgan fingerprint density at radius 2 is 1.63 bits per heavy atom. The maximum absolute atomic E-state index is 13.1. The topological polar surface area (TPSA) is 107 Å². The minimum atomic E-state index is -3.72. The Balaban J connectivity index is 1.14. The smallest absolute Gasteiger partial charge is 0.248 e. The number of nitrogens with zero attached hydrogens (tertiary/aromatic N) is 2. The highest BCUT2D eigenvalue weighted by Crippen LogP contribution is 2.53. The summed E-state index contributed by atoms with van der Waals surface area (Å²) in [6.07, 6.45) is 6.96. The molecule has 1 aromatic heterocycles. The third-order valence-electron chi connectivity index (χ3n) is 9.49. The Morgan fingerprint density at radius 1 is 0.976 bits per heavy atom. The first-order chi connectivity index (χ1) is 19.8. The molecular formula is C33H38N4O3S. The van der Waals surface area contributed by atoms with Gasteiger partial charge in [-0.3, -0.25) is 4.79 Å². The second kappa shape index (κ2) is 11.4. The molecule has 0 radical (unpaired) electrons. The summed E-state index contributed by atoms with van der Waals surface area (Å²) < 4.78 is 31.5. The summed E-state index contributed by atoms with van der Waals surface area (Å²) in [5.41, 5.74) is 9.07. The number of aryl methyl sites for hydroxylation is 1. The zero-order valence-corrected chi connectivity index (χ0v) is 24.3.